The lowest BCUT2D eigenvalue weighted by molar-refractivity contribution is -0.144. The molecule has 0 amide bonds. The number of aliphatic hydroxyl groups is 1. The van der Waals surface area contributed by atoms with Gasteiger partial charge in [0, 0.05) is 12.8 Å². The van der Waals surface area contributed by atoms with Crippen LogP contribution in [0.2, 0.25) is 0 Å². The van der Waals surface area contributed by atoms with Crippen LogP contribution in [0.1, 0.15) is 304 Å². The molecule has 65 heavy (non-hydrogen) atoms. The second-order valence-electron chi connectivity index (χ2n) is 20.0. The molecule has 0 saturated heterocycles. The normalized spacial score (nSPS) is 12.1. The van der Waals surface area contributed by atoms with E-state index in [1.54, 1.807) is 0 Å². The number of hydrogen-bond donors (Lipinski definition) is 1. The van der Waals surface area contributed by atoms with E-state index in [4.69, 9.17) is 9.47 Å². The predicted octanol–water partition coefficient (Wildman–Crippen LogP) is 18.1. The highest BCUT2D eigenvalue weighted by molar-refractivity contribution is 5.69. The molecule has 384 valence electrons. The van der Waals surface area contributed by atoms with Crippen molar-refractivity contribution in [3.05, 3.63) is 24.3 Å². The summed E-state index contributed by atoms with van der Waals surface area (Å²) >= 11 is 0. The van der Waals surface area contributed by atoms with Crippen molar-refractivity contribution in [2.45, 2.75) is 309 Å². The van der Waals surface area contributed by atoms with Crippen LogP contribution in [0.4, 0.5) is 0 Å². The SMILES string of the molecule is CCCCCCCC/C=C/CCCCCCCC(=O)OCCCCCCC(O)(CCCCCCOC(=O)CCCCCCC/C=C/CCCCCCCC)CCCCN(CCC)CCC. The highest BCUT2D eigenvalue weighted by Gasteiger charge is 2.25. The summed E-state index contributed by atoms with van der Waals surface area (Å²) in [5, 5.41) is 11.8. The standard InChI is InChI=1S/C59H113NO5/c1-5-9-11-13-15-17-19-21-23-25-27-29-31-33-39-47-57(61)64-55-45-37-35-41-49-59(63,51-43-44-54-60(52-7-3)53-8-4)50-42-36-38-46-56-65-58(62)48-40-34-32-30-28-26-24-22-20-18-16-14-12-10-6-2/h21-24,63H,5-20,25-56H2,1-4H3/b23-21+,24-22+. The maximum absolute atomic E-state index is 12.3. The zero-order valence-corrected chi connectivity index (χ0v) is 44.3. The first-order chi connectivity index (χ1) is 31.9. The fourth-order valence-corrected chi connectivity index (χ4v) is 9.15. The molecule has 0 aromatic rings. The van der Waals surface area contributed by atoms with E-state index in [9.17, 15) is 14.7 Å². The molecule has 0 aromatic carbocycles. The van der Waals surface area contributed by atoms with Crippen LogP contribution in [0.15, 0.2) is 24.3 Å². The first-order valence-electron chi connectivity index (χ1n) is 29.0. The van der Waals surface area contributed by atoms with Gasteiger partial charge >= 0.3 is 11.9 Å². The number of hydrogen-bond acceptors (Lipinski definition) is 6. The molecule has 0 saturated carbocycles. The van der Waals surface area contributed by atoms with E-state index in [0.29, 0.717) is 26.1 Å². The first kappa shape index (κ1) is 63.3. The van der Waals surface area contributed by atoms with Crippen molar-refractivity contribution >= 4 is 11.9 Å². The average Bonchev–Trinajstić information content (AvgIpc) is 3.30. The van der Waals surface area contributed by atoms with E-state index >= 15 is 0 Å². The highest BCUT2D eigenvalue weighted by atomic mass is 16.5. The number of rotatable bonds is 53. The lowest BCUT2D eigenvalue weighted by Crippen LogP contribution is -2.30. The monoisotopic (exact) mass is 916 g/mol. The van der Waals surface area contributed by atoms with Crippen molar-refractivity contribution in [3.8, 4) is 0 Å². The van der Waals surface area contributed by atoms with Crippen LogP contribution >= 0.6 is 0 Å². The number of ether oxygens (including phenoxy) is 2. The van der Waals surface area contributed by atoms with Crippen molar-refractivity contribution < 1.29 is 24.2 Å². The zero-order chi connectivity index (χ0) is 47.4. The van der Waals surface area contributed by atoms with E-state index in [2.05, 4.69) is 56.9 Å². The Morgan fingerprint density at radius 2 is 0.677 bits per heavy atom. The Labute approximate surface area is 406 Å². The number of allylic oxidation sites excluding steroid dienone is 4. The molecule has 0 heterocycles. The molecule has 0 rings (SSSR count). The Morgan fingerprint density at radius 3 is 1.05 bits per heavy atom. The largest absolute Gasteiger partial charge is 0.466 e. The average molecular weight is 917 g/mol. The van der Waals surface area contributed by atoms with Gasteiger partial charge < -0.3 is 19.5 Å². The molecule has 0 aromatic heterocycles. The van der Waals surface area contributed by atoms with Crippen LogP contribution < -0.4 is 0 Å². The number of nitrogens with zero attached hydrogens (tertiary/aromatic N) is 1. The smallest absolute Gasteiger partial charge is 0.305 e. The predicted molar refractivity (Wildman–Crippen MR) is 283 cm³/mol. The lowest BCUT2D eigenvalue weighted by atomic mass is 9.85. The number of unbranched alkanes of at least 4 members (excludes halogenated alkanes) is 29. The van der Waals surface area contributed by atoms with Crippen LogP contribution in [0.25, 0.3) is 0 Å². The molecule has 6 nitrogen and oxygen atoms in total. The quantitative estimate of drug-likeness (QED) is 0.0372. The molecule has 0 radical (unpaired) electrons. The third-order valence-electron chi connectivity index (χ3n) is 13.3. The van der Waals surface area contributed by atoms with Gasteiger partial charge in [-0.2, -0.15) is 0 Å². The fourth-order valence-electron chi connectivity index (χ4n) is 9.15. The van der Waals surface area contributed by atoms with E-state index in [1.165, 1.54) is 154 Å². The minimum Gasteiger partial charge on any atom is -0.466 e. The molecule has 0 spiro atoms. The van der Waals surface area contributed by atoms with Crippen molar-refractivity contribution in [1.29, 1.82) is 0 Å². The van der Waals surface area contributed by atoms with Crippen LogP contribution in [0, 0.1) is 0 Å². The Morgan fingerprint density at radius 1 is 0.369 bits per heavy atom. The maximum atomic E-state index is 12.3. The van der Waals surface area contributed by atoms with Gasteiger partial charge in [0.1, 0.15) is 0 Å². The maximum Gasteiger partial charge on any atom is 0.305 e. The van der Waals surface area contributed by atoms with E-state index in [0.717, 1.165) is 129 Å². The summed E-state index contributed by atoms with van der Waals surface area (Å²) < 4.78 is 11.1. The third-order valence-corrected chi connectivity index (χ3v) is 13.3. The second-order valence-corrected chi connectivity index (χ2v) is 20.0. The Hall–Kier alpha value is -1.66. The van der Waals surface area contributed by atoms with Gasteiger partial charge in [-0.25, -0.2) is 0 Å². The van der Waals surface area contributed by atoms with Crippen LogP contribution in [0.5, 0.6) is 0 Å². The first-order valence-corrected chi connectivity index (χ1v) is 29.0. The highest BCUT2D eigenvalue weighted by Crippen LogP contribution is 2.29. The van der Waals surface area contributed by atoms with Gasteiger partial charge in [-0.15, -0.1) is 0 Å². The number of esters is 2. The molecule has 0 aliphatic rings. The minimum absolute atomic E-state index is 0.0413. The molecule has 0 unspecified atom stereocenters. The number of carbonyl (C=O) groups excluding carboxylic acids is 2. The summed E-state index contributed by atoms with van der Waals surface area (Å²) in [5.41, 5.74) is -0.604. The molecule has 0 fully saturated rings. The third kappa shape index (κ3) is 48.6. The Balaban J connectivity index is 4.15. The molecular weight excluding hydrogens is 803 g/mol. The van der Waals surface area contributed by atoms with Crippen LogP contribution in [0.3, 0.4) is 0 Å². The Bertz CT molecular complexity index is 970. The van der Waals surface area contributed by atoms with Gasteiger partial charge in [-0.05, 0) is 142 Å². The molecule has 0 bridgehead atoms. The van der Waals surface area contributed by atoms with Crippen molar-refractivity contribution in [2.24, 2.45) is 0 Å². The molecule has 6 heteroatoms. The number of carbonyl (C=O) groups is 2. The summed E-state index contributed by atoms with van der Waals surface area (Å²) in [5.74, 6) is -0.0827. The van der Waals surface area contributed by atoms with Gasteiger partial charge in [0.05, 0.1) is 18.8 Å². The summed E-state index contributed by atoms with van der Waals surface area (Å²) in [6.07, 6.45) is 58.6. The molecule has 0 aliphatic carbocycles. The lowest BCUT2D eigenvalue weighted by Gasteiger charge is -2.29. The van der Waals surface area contributed by atoms with Crippen molar-refractivity contribution in [2.75, 3.05) is 32.8 Å². The molecule has 1 N–H and O–H groups in total. The van der Waals surface area contributed by atoms with Crippen molar-refractivity contribution in [3.63, 3.8) is 0 Å². The van der Waals surface area contributed by atoms with Gasteiger partial charge in [-0.1, -0.05) is 193 Å². The van der Waals surface area contributed by atoms with Gasteiger partial charge in [0.2, 0.25) is 0 Å². The topological polar surface area (TPSA) is 76.1 Å². The molecule has 0 atom stereocenters. The van der Waals surface area contributed by atoms with E-state index in [1.807, 2.05) is 0 Å². The van der Waals surface area contributed by atoms with E-state index in [-0.39, 0.29) is 11.9 Å². The van der Waals surface area contributed by atoms with Crippen LogP contribution in [-0.2, 0) is 19.1 Å². The van der Waals surface area contributed by atoms with E-state index < -0.39 is 5.60 Å². The van der Waals surface area contributed by atoms with Crippen molar-refractivity contribution in [1.82, 2.24) is 4.90 Å². The summed E-state index contributed by atoms with van der Waals surface area (Å²) in [4.78, 5) is 27.2. The Kier molecular flexibility index (Phi) is 50.4. The fraction of sp³-hybridized carbons (Fsp3) is 0.898. The summed E-state index contributed by atoms with van der Waals surface area (Å²) in [6.45, 7) is 13.6. The van der Waals surface area contributed by atoms with Gasteiger partial charge in [-0.3, -0.25) is 9.59 Å². The van der Waals surface area contributed by atoms with Crippen LogP contribution in [-0.4, -0.2) is 60.4 Å². The molecular formula is C59H113NO5. The summed E-state index contributed by atoms with van der Waals surface area (Å²) in [7, 11) is 0. The zero-order valence-electron chi connectivity index (χ0n) is 44.3. The summed E-state index contributed by atoms with van der Waals surface area (Å²) in [6, 6.07) is 0. The second kappa shape index (κ2) is 51.7. The van der Waals surface area contributed by atoms with Gasteiger partial charge in [0.25, 0.3) is 0 Å². The molecule has 0 aliphatic heterocycles. The minimum atomic E-state index is -0.604. The van der Waals surface area contributed by atoms with Gasteiger partial charge in [0.15, 0.2) is 0 Å².